The number of guanidine groups is 1. The number of nitrogens with one attached hydrogen (secondary N) is 1. The number of carbonyl (C=O) groups excluding carboxylic acids is 1. The van der Waals surface area contributed by atoms with Gasteiger partial charge in [-0.15, -0.1) is 23.7 Å². The van der Waals surface area contributed by atoms with Crippen molar-refractivity contribution in [2.24, 2.45) is 4.99 Å². The molecule has 1 atom stereocenters. The Bertz CT molecular complexity index is 846. The minimum atomic E-state index is 0. The Balaban J connectivity index is 0.00000157. The predicted octanol–water partition coefficient (Wildman–Crippen LogP) is 3.77. The average molecular weight is 374 g/mol. The number of hydrogen-bond donors (Lipinski definition) is 1. The number of hydrogen-bond acceptors (Lipinski definition) is 4. The van der Waals surface area contributed by atoms with Gasteiger partial charge in [0.1, 0.15) is 11.5 Å². The van der Waals surface area contributed by atoms with Gasteiger partial charge in [0, 0.05) is 17.0 Å². The summed E-state index contributed by atoms with van der Waals surface area (Å²) < 4.78 is 0. The molecule has 1 amide bonds. The van der Waals surface area contributed by atoms with Gasteiger partial charge in [-0.2, -0.15) is 0 Å². The van der Waals surface area contributed by atoms with Crippen LogP contribution in [-0.4, -0.2) is 23.3 Å². The molecule has 0 radical (unpaired) electrons. The molecule has 1 saturated heterocycles. The summed E-state index contributed by atoms with van der Waals surface area (Å²) >= 11 is 1.85. The Morgan fingerprint density at radius 3 is 2.88 bits per heavy atom. The Kier molecular flexibility index (Phi) is 4.29. The third kappa shape index (κ3) is 2.85. The molecule has 1 N–H and O–H groups in total. The van der Waals surface area contributed by atoms with E-state index in [4.69, 9.17) is 4.99 Å². The van der Waals surface area contributed by atoms with Crippen molar-refractivity contribution in [2.45, 2.75) is 38.1 Å². The third-order valence-corrected chi connectivity index (χ3v) is 6.57. The van der Waals surface area contributed by atoms with Crippen molar-refractivity contribution in [3.05, 3.63) is 51.9 Å². The van der Waals surface area contributed by atoms with Gasteiger partial charge < -0.3 is 4.90 Å². The van der Waals surface area contributed by atoms with E-state index in [1.165, 1.54) is 34.4 Å². The highest BCUT2D eigenvalue weighted by atomic mass is 35.5. The molecule has 1 aromatic carbocycles. The molecule has 130 valence electrons. The van der Waals surface area contributed by atoms with Crippen molar-refractivity contribution in [2.75, 3.05) is 6.54 Å². The van der Waals surface area contributed by atoms with Gasteiger partial charge in [0.2, 0.25) is 11.9 Å². The molecule has 6 heteroatoms. The van der Waals surface area contributed by atoms with E-state index in [0.717, 1.165) is 30.3 Å². The summed E-state index contributed by atoms with van der Waals surface area (Å²) in [5.41, 5.74) is 4.30. The van der Waals surface area contributed by atoms with E-state index in [1.807, 2.05) is 11.3 Å². The zero-order valence-electron chi connectivity index (χ0n) is 13.8. The summed E-state index contributed by atoms with van der Waals surface area (Å²) in [4.78, 5) is 19.9. The molecule has 2 aliphatic heterocycles. The van der Waals surface area contributed by atoms with Crippen molar-refractivity contribution in [1.29, 1.82) is 0 Å². The largest absolute Gasteiger partial charge is 0.329 e. The second-order valence-electron chi connectivity index (χ2n) is 6.85. The highest BCUT2D eigenvalue weighted by Crippen LogP contribution is 2.47. The number of amides is 1. The molecule has 5 rings (SSSR count). The summed E-state index contributed by atoms with van der Waals surface area (Å²) in [5.74, 6) is 1.40. The first kappa shape index (κ1) is 16.6. The number of thiophene rings is 1. The van der Waals surface area contributed by atoms with Crippen LogP contribution >= 0.6 is 23.7 Å². The Morgan fingerprint density at radius 1 is 1.20 bits per heavy atom. The van der Waals surface area contributed by atoms with Gasteiger partial charge in [-0.05, 0) is 42.7 Å². The molecule has 4 nitrogen and oxygen atoms in total. The maximum Gasteiger partial charge on any atom is 0.246 e. The van der Waals surface area contributed by atoms with Gasteiger partial charge >= 0.3 is 0 Å². The molecule has 1 fully saturated rings. The molecule has 0 spiro atoms. The van der Waals surface area contributed by atoms with Crippen LogP contribution in [0.15, 0.2) is 35.3 Å². The number of halogens is 1. The lowest BCUT2D eigenvalue weighted by atomic mass is 9.83. The van der Waals surface area contributed by atoms with Crippen molar-refractivity contribution in [3.63, 3.8) is 0 Å². The first-order chi connectivity index (χ1) is 11.8. The van der Waals surface area contributed by atoms with Crippen molar-refractivity contribution < 1.29 is 4.79 Å². The van der Waals surface area contributed by atoms with Gasteiger partial charge in [0.25, 0.3) is 0 Å². The monoisotopic (exact) mass is 373 g/mol. The van der Waals surface area contributed by atoms with Gasteiger partial charge in [-0.1, -0.05) is 30.3 Å². The smallest absolute Gasteiger partial charge is 0.246 e. The molecule has 3 heterocycles. The van der Waals surface area contributed by atoms with Crippen LogP contribution in [-0.2, 0) is 24.2 Å². The number of nitrogens with zero attached hydrogens (tertiary/aromatic N) is 2. The topological polar surface area (TPSA) is 44.7 Å². The number of rotatable bonds is 2. The van der Waals surface area contributed by atoms with Crippen LogP contribution in [0.4, 0.5) is 5.00 Å². The molecule has 1 aliphatic carbocycles. The number of aliphatic imine (C=N–C) groups is 1. The van der Waals surface area contributed by atoms with E-state index >= 15 is 0 Å². The normalized spacial score (nSPS) is 20.8. The summed E-state index contributed by atoms with van der Waals surface area (Å²) in [6.07, 6.45) is 4.79. The minimum absolute atomic E-state index is 0. The second kappa shape index (κ2) is 6.46. The first-order valence-electron chi connectivity index (χ1n) is 8.60. The van der Waals surface area contributed by atoms with Crippen LogP contribution in [0.5, 0.6) is 0 Å². The van der Waals surface area contributed by atoms with E-state index in [0.29, 0.717) is 12.5 Å². The zero-order chi connectivity index (χ0) is 16.1. The highest BCUT2D eigenvalue weighted by molar-refractivity contribution is 7.16. The van der Waals surface area contributed by atoms with E-state index in [9.17, 15) is 4.79 Å². The minimum Gasteiger partial charge on any atom is -0.329 e. The highest BCUT2D eigenvalue weighted by Gasteiger charge is 2.34. The van der Waals surface area contributed by atoms with E-state index in [1.54, 1.807) is 0 Å². The number of carbonyl (C=O) groups is 1. The van der Waals surface area contributed by atoms with E-state index in [2.05, 4.69) is 40.5 Å². The Morgan fingerprint density at radius 2 is 2.04 bits per heavy atom. The lowest BCUT2D eigenvalue weighted by Gasteiger charge is -2.25. The van der Waals surface area contributed by atoms with E-state index in [-0.39, 0.29) is 18.3 Å². The van der Waals surface area contributed by atoms with Crippen molar-refractivity contribution in [1.82, 2.24) is 10.2 Å². The maximum atomic E-state index is 11.6. The van der Waals surface area contributed by atoms with Crippen LogP contribution in [0, 0.1) is 0 Å². The predicted molar refractivity (Wildman–Crippen MR) is 103 cm³/mol. The summed E-state index contributed by atoms with van der Waals surface area (Å²) in [5, 5.41) is 3.99. The fraction of sp³-hybridized carbons (Fsp3) is 0.368. The zero-order valence-corrected chi connectivity index (χ0v) is 15.5. The second-order valence-corrected chi connectivity index (χ2v) is 7.88. The van der Waals surface area contributed by atoms with Crippen molar-refractivity contribution >= 4 is 40.6 Å². The Hall–Kier alpha value is -1.85. The molecular formula is C19H20ClN3OS. The summed E-state index contributed by atoms with van der Waals surface area (Å²) in [6, 6.07) is 10.8. The molecule has 0 bridgehead atoms. The van der Waals surface area contributed by atoms with E-state index < -0.39 is 0 Å². The Labute approximate surface area is 157 Å². The SMILES string of the molecule is Cl.O=C1CN2Cc3c(sc4c3CCCC4Cc3ccccc3)N=C2N1. The standard InChI is InChI=1S/C19H19N3OS.ClH/c23-16-11-22-10-15-14-8-4-7-13(9-12-5-2-1-3-6-12)17(14)24-18(15)21-19(22)20-16;/h1-3,5-6,13H,4,7-11H2,(H,20,21,23);1H. The van der Waals surface area contributed by atoms with Crippen molar-refractivity contribution in [3.8, 4) is 0 Å². The van der Waals surface area contributed by atoms with Gasteiger partial charge in [-0.3, -0.25) is 10.1 Å². The quantitative estimate of drug-likeness (QED) is 0.870. The molecule has 1 aromatic heterocycles. The number of benzene rings is 1. The van der Waals surface area contributed by atoms with Crippen LogP contribution in [0.3, 0.4) is 0 Å². The molecular weight excluding hydrogens is 354 g/mol. The lowest BCUT2D eigenvalue weighted by molar-refractivity contribution is -0.118. The van der Waals surface area contributed by atoms with Crippen LogP contribution in [0.2, 0.25) is 0 Å². The molecule has 3 aliphatic rings. The molecule has 2 aromatic rings. The van der Waals surface area contributed by atoms with Crippen LogP contribution in [0.1, 0.15) is 40.3 Å². The summed E-state index contributed by atoms with van der Waals surface area (Å²) in [7, 11) is 0. The lowest BCUT2D eigenvalue weighted by Crippen LogP contribution is -2.32. The molecule has 25 heavy (non-hydrogen) atoms. The first-order valence-corrected chi connectivity index (χ1v) is 9.41. The summed E-state index contributed by atoms with van der Waals surface area (Å²) in [6.45, 7) is 1.27. The third-order valence-electron chi connectivity index (χ3n) is 5.24. The molecule has 0 saturated carbocycles. The van der Waals surface area contributed by atoms with Gasteiger partial charge in [-0.25, -0.2) is 4.99 Å². The van der Waals surface area contributed by atoms with Gasteiger partial charge in [0.15, 0.2) is 0 Å². The fourth-order valence-electron chi connectivity index (χ4n) is 4.12. The maximum absolute atomic E-state index is 11.6. The number of fused-ring (bicyclic) bond motifs is 4. The average Bonchev–Trinajstić information content (AvgIpc) is 3.13. The molecule has 1 unspecified atom stereocenters. The fourth-order valence-corrected chi connectivity index (χ4v) is 5.49. The van der Waals surface area contributed by atoms with Gasteiger partial charge in [0.05, 0.1) is 0 Å². The van der Waals surface area contributed by atoms with Crippen LogP contribution < -0.4 is 5.32 Å². The van der Waals surface area contributed by atoms with Crippen LogP contribution in [0.25, 0.3) is 0 Å².